The highest BCUT2D eigenvalue weighted by Gasteiger charge is 2.25. The summed E-state index contributed by atoms with van der Waals surface area (Å²) in [5.74, 6) is -1.27. The van der Waals surface area contributed by atoms with E-state index in [1.807, 2.05) is 31.3 Å². The van der Waals surface area contributed by atoms with E-state index >= 15 is 0 Å². The van der Waals surface area contributed by atoms with Crippen LogP contribution in [0.25, 0.3) is 10.9 Å². The Morgan fingerprint density at radius 3 is 2.86 bits per heavy atom. The van der Waals surface area contributed by atoms with Gasteiger partial charge in [0.15, 0.2) is 0 Å². The number of aryl methyl sites for hydroxylation is 1. The largest absolute Gasteiger partial charge is 0.477 e. The summed E-state index contributed by atoms with van der Waals surface area (Å²) in [4.78, 5) is 22.9. The van der Waals surface area contributed by atoms with Gasteiger partial charge >= 0.3 is 5.97 Å². The van der Waals surface area contributed by atoms with Crippen LogP contribution in [0.2, 0.25) is 0 Å². The maximum Gasteiger partial charge on any atom is 0.352 e. The van der Waals surface area contributed by atoms with E-state index in [9.17, 15) is 9.59 Å². The molecule has 3 rings (SSSR count). The molecule has 108 valence electrons. The number of nitrogens with zero attached hydrogens (tertiary/aromatic N) is 4. The SMILES string of the molecule is Cn1nc(CN2N=C(C(=O)O)CCC2=O)c2ccccc21. The average molecular weight is 286 g/mol. The van der Waals surface area contributed by atoms with Gasteiger partial charge in [0, 0.05) is 25.3 Å². The number of carbonyl (C=O) groups excluding carboxylic acids is 1. The van der Waals surface area contributed by atoms with Crippen molar-refractivity contribution in [2.75, 3.05) is 0 Å². The maximum atomic E-state index is 11.9. The van der Waals surface area contributed by atoms with Gasteiger partial charge in [-0.2, -0.15) is 10.2 Å². The molecule has 0 unspecified atom stereocenters. The van der Waals surface area contributed by atoms with Crippen molar-refractivity contribution in [1.82, 2.24) is 14.8 Å². The van der Waals surface area contributed by atoms with Crippen LogP contribution in [0.5, 0.6) is 0 Å². The predicted octanol–water partition coefficient (Wildman–Crippen LogP) is 1.14. The first-order chi connectivity index (χ1) is 10.1. The molecule has 1 aromatic carbocycles. The van der Waals surface area contributed by atoms with E-state index in [4.69, 9.17) is 5.11 Å². The third-order valence-electron chi connectivity index (χ3n) is 3.49. The second-order valence-electron chi connectivity index (χ2n) is 4.89. The molecule has 2 heterocycles. The van der Waals surface area contributed by atoms with E-state index in [-0.39, 0.29) is 31.0 Å². The first-order valence-corrected chi connectivity index (χ1v) is 6.58. The zero-order valence-corrected chi connectivity index (χ0v) is 11.5. The Morgan fingerprint density at radius 2 is 2.10 bits per heavy atom. The molecule has 1 aliphatic rings. The van der Waals surface area contributed by atoms with E-state index in [0.29, 0.717) is 5.69 Å². The minimum absolute atomic E-state index is 0.00911. The van der Waals surface area contributed by atoms with E-state index in [1.165, 1.54) is 5.01 Å². The highest BCUT2D eigenvalue weighted by molar-refractivity contribution is 6.36. The highest BCUT2D eigenvalue weighted by atomic mass is 16.4. The Bertz CT molecular complexity index is 763. The number of hydrogen-bond donors (Lipinski definition) is 1. The van der Waals surface area contributed by atoms with Gasteiger partial charge in [-0.3, -0.25) is 9.48 Å². The lowest BCUT2D eigenvalue weighted by atomic mass is 10.1. The minimum Gasteiger partial charge on any atom is -0.477 e. The normalized spacial score (nSPS) is 15.4. The number of amides is 1. The third kappa shape index (κ3) is 2.37. The summed E-state index contributed by atoms with van der Waals surface area (Å²) in [7, 11) is 1.83. The number of rotatable bonds is 3. The molecule has 2 aromatic rings. The third-order valence-corrected chi connectivity index (χ3v) is 3.49. The number of aliphatic carboxylic acids is 1. The summed E-state index contributed by atoms with van der Waals surface area (Å²) in [6.07, 6.45) is 0.337. The topological polar surface area (TPSA) is 87.8 Å². The Labute approximate surface area is 120 Å². The molecule has 0 atom stereocenters. The van der Waals surface area contributed by atoms with Crippen molar-refractivity contribution in [3.8, 4) is 0 Å². The fraction of sp³-hybridized carbons (Fsp3) is 0.286. The van der Waals surface area contributed by atoms with Crippen LogP contribution >= 0.6 is 0 Å². The van der Waals surface area contributed by atoms with Gasteiger partial charge in [-0.05, 0) is 6.07 Å². The van der Waals surface area contributed by atoms with Gasteiger partial charge in [-0.15, -0.1) is 0 Å². The summed E-state index contributed by atoms with van der Waals surface area (Å²) < 4.78 is 1.74. The van der Waals surface area contributed by atoms with Crippen LogP contribution in [-0.2, 0) is 23.2 Å². The fourth-order valence-corrected chi connectivity index (χ4v) is 2.43. The Hall–Kier alpha value is -2.70. The Kier molecular flexibility index (Phi) is 3.17. The van der Waals surface area contributed by atoms with Crippen LogP contribution in [0.1, 0.15) is 18.5 Å². The van der Waals surface area contributed by atoms with Crippen molar-refractivity contribution in [2.24, 2.45) is 12.1 Å². The lowest BCUT2D eigenvalue weighted by Gasteiger charge is -2.21. The summed E-state index contributed by atoms with van der Waals surface area (Å²) in [5, 5.41) is 19.4. The molecule has 0 bridgehead atoms. The van der Waals surface area contributed by atoms with Gasteiger partial charge in [0.25, 0.3) is 0 Å². The second-order valence-corrected chi connectivity index (χ2v) is 4.89. The molecule has 1 N–H and O–H groups in total. The van der Waals surface area contributed by atoms with Crippen LogP contribution in [0.4, 0.5) is 0 Å². The maximum absolute atomic E-state index is 11.9. The summed E-state index contributed by atoms with van der Waals surface area (Å²) in [5.41, 5.74) is 1.67. The number of fused-ring (bicyclic) bond motifs is 1. The number of hydrazone groups is 1. The number of carbonyl (C=O) groups is 2. The molecule has 1 aromatic heterocycles. The van der Waals surface area contributed by atoms with E-state index in [2.05, 4.69) is 10.2 Å². The Balaban J connectivity index is 1.96. The molecule has 0 fully saturated rings. The monoisotopic (exact) mass is 286 g/mol. The zero-order chi connectivity index (χ0) is 15.0. The highest BCUT2D eigenvalue weighted by Crippen LogP contribution is 2.20. The van der Waals surface area contributed by atoms with Crippen LogP contribution < -0.4 is 0 Å². The molecule has 0 radical (unpaired) electrons. The van der Waals surface area contributed by atoms with Gasteiger partial charge in [0.05, 0.1) is 17.8 Å². The second kappa shape index (κ2) is 5.01. The minimum atomic E-state index is -1.08. The van der Waals surface area contributed by atoms with Crippen LogP contribution in [0.3, 0.4) is 0 Å². The number of benzene rings is 1. The summed E-state index contributed by atoms with van der Waals surface area (Å²) in [6.45, 7) is 0.178. The van der Waals surface area contributed by atoms with Gasteiger partial charge in [0.2, 0.25) is 5.91 Å². The molecule has 0 saturated heterocycles. The molecule has 0 spiro atoms. The fourth-order valence-electron chi connectivity index (χ4n) is 2.43. The summed E-state index contributed by atoms with van der Waals surface area (Å²) >= 11 is 0. The van der Waals surface area contributed by atoms with Crippen molar-refractivity contribution in [1.29, 1.82) is 0 Å². The molecule has 7 nitrogen and oxygen atoms in total. The van der Waals surface area contributed by atoms with E-state index in [0.717, 1.165) is 10.9 Å². The number of carboxylic acid groups (broad SMARTS) is 1. The molecule has 0 aliphatic carbocycles. The number of hydrogen-bond acceptors (Lipinski definition) is 4. The van der Waals surface area contributed by atoms with Crippen LogP contribution in [0, 0.1) is 0 Å². The predicted molar refractivity (Wildman–Crippen MR) is 75.6 cm³/mol. The molecule has 1 amide bonds. The lowest BCUT2D eigenvalue weighted by Crippen LogP contribution is -2.34. The first kappa shape index (κ1) is 13.3. The number of aromatic nitrogens is 2. The van der Waals surface area contributed by atoms with Gasteiger partial charge in [0.1, 0.15) is 5.71 Å². The van der Waals surface area contributed by atoms with E-state index < -0.39 is 5.97 Å². The van der Waals surface area contributed by atoms with Crippen molar-refractivity contribution in [3.63, 3.8) is 0 Å². The van der Waals surface area contributed by atoms with Gasteiger partial charge < -0.3 is 5.11 Å². The number of carboxylic acids is 1. The van der Waals surface area contributed by atoms with Crippen molar-refractivity contribution >= 4 is 28.5 Å². The molecular weight excluding hydrogens is 272 g/mol. The zero-order valence-electron chi connectivity index (χ0n) is 11.5. The Morgan fingerprint density at radius 1 is 1.33 bits per heavy atom. The van der Waals surface area contributed by atoms with E-state index in [1.54, 1.807) is 4.68 Å². The quantitative estimate of drug-likeness (QED) is 0.916. The lowest BCUT2D eigenvalue weighted by molar-refractivity contribution is -0.133. The molecule has 0 saturated carbocycles. The summed E-state index contributed by atoms with van der Waals surface area (Å²) in [6, 6.07) is 7.68. The molecule has 1 aliphatic heterocycles. The van der Waals surface area contributed by atoms with Gasteiger partial charge in [-0.1, -0.05) is 18.2 Å². The standard InChI is InChI=1S/C14H14N4O3/c1-17-12-5-3-2-4-9(12)11(15-17)8-18-13(19)7-6-10(16-18)14(20)21/h2-5H,6-8H2,1H3,(H,20,21). The smallest absolute Gasteiger partial charge is 0.352 e. The van der Waals surface area contributed by atoms with Crippen LogP contribution in [-0.4, -0.2) is 37.5 Å². The van der Waals surface area contributed by atoms with Crippen molar-refractivity contribution < 1.29 is 14.7 Å². The van der Waals surface area contributed by atoms with Crippen molar-refractivity contribution in [3.05, 3.63) is 30.0 Å². The molecule has 21 heavy (non-hydrogen) atoms. The molecule has 7 heteroatoms. The van der Waals surface area contributed by atoms with Gasteiger partial charge in [-0.25, -0.2) is 9.80 Å². The van der Waals surface area contributed by atoms with Crippen LogP contribution in [0.15, 0.2) is 29.4 Å². The number of para-hydroxylation sites is 1. The van der Waals surface area contributed by atoms with Crippen molar-refractivity contribution in [2.45, 2.75) is 19.4 Å². The average Bonchev–Trinajstić information content (AvgIpc) is 2.78. The first-order valence-electron chi connectivity index (χ1n) is 6.58. The molecular formula is C14H14N4O3.